The van der Waals surface area contributed by atoms with E-state index in [2.05, 4.69) is 21.0 Å². The van der Waals surface area contributed by atoms with Crippen LogP contribution in [0.4, 0.5) is 0 Å². The minimum Gasteiger partial charge on any atom is -0.387 e. The first kappa shape index (κ1) is 13.7. The van der Waals surface area contributed by atoms with E-state index in [9.17, 15) is 10.2 Å². The molecule has 0 aliphatic heterocycles. The Bertz CT molecular complexity index is 361. The molecule has 1 aromatic rings. The van der Waals surface area contributed by atoms with Crippen LogP contribution >= 0.6 is 15.9 Å². The minimum atomic E-state index is -1.14. The molecule has 0 spiro atoms. The maximum absolute atomic E-state index is 10.2. The number of halogens is 1. The van der Waals surface area contributed by atoms with Crippen LogP contribution in [0.15, 0.2) is 10.7 Å². The second kappa shape index (κ2) is 4.85. The molecule has 16 heavy (non-hydrogen) atoms. The van der Waals surface area contributed by atoms with Gasteiger partial charge in [0.2, 0.25) is 0 Å². The van der Waals surface area contributed by atoms with Crippen LogP contribution in [0.2, 0.25) is 0 Å². The summed E-state index contributed by atoms with van der Waals surface area (Å²) in [5, 5.41) is 24.5. The van der Waals surface area contributed by atoms with E-state index in [4.69, 9.17) is 0 Å². The molecule has 1 heterocycles. The molecule has 2 atom stereocenters. The minimum absolute atomic E-state index is 0.142. The van der Waals surface area contributed by atoms with Crippen LogP contribution in [0.1, 0.15) is 52.0 Å². The van der Waals surface area contributed by atoms with Gasteiger partial charge in [0.1, 0.15) is 6.10 Å². The van der Waals surface area contributed by atoms with Gasteiger partial charge < -0.3 is 10.2 Å². The lowest BCUT2D eigenvalue weighted by Gasteiger charge is -2.29. The summed E-state index contributed by atoms with van der Waals surface area (Å²) in [6.45, 7) is 7.43. The maximum atomic E-state index is 10.2. The molecule has 92 valence electrons. The second-order valence-electron chi connectivity index (χ2n) is 4.53. The molecule has 0 amide bonds. The van der Waals surface area contributed by atoms with Crippen molar-refractivity contribution in [3.05, 3.63) is 16.4 Å². The number of aromatic nitrogens is 2. The van der Waals surface area contributed by atoms with Crippen molar-refractivity contribution < 1.29 is 10.2 Å². The summed E-state index contributed by atoms with van der Waals surface area (Å²) >= 11 is 3.35. The van der Waals surface area contributed by atoms with Crippen molar-refractivity contribution in [2.75, 3.05) is 0 Å². The molecule has 1 rings (SSSR count). The van der Waals surface area contributed by atoms with Crippen LogP contribution in [0, 0.1) is 0 Å². The van der Waals surface area contributed by atoms with Gasteiger partial charge in [0.15, 0.2) is 0 Å². The van der Waals surface area contributed by atoms with Crippen LogP contribution in [-0.4, -0.2) is 25.6 Å². The fraction of sp³-hybridized carbons (Fsp3) is 0.727. The van der Waals surface area contributed by atoms with Gasteiger partial charge in [-0.25, -0.2) is 0 Å². The van der Waals surface area contributed by atoms with Crippen molar-refractivity contribution in [3.8, 4) is 0 Å². The predicted molar refractivity (Wildman–Crippen MR) is 66.2 cm³/mol. The van der Waals surface area contributed by atoms with Crippen molar-refractivity contribution in [1.29, 1.82) is 0 Å². The normalized spacial score (nSPS) is 17.5. The van der Waals surface area contributed by atoms with Gasteiger partial charge in [-0.3, -0.25) is 4.68 Å². The third-order valence-corrected chi connectivity index (χ3v) is 3.45. The van der Waals surface area contributed by atoms with Gasteiger partial charge in [0.25, 0.3) is 0 Å². The Morgan fingerprint density at radius 2 is 2.12 bits per heavy atom. The van der Waals surface area contributed by atoms with Crippen LogP contribution in [0.25, 0.3) is 0 Å². The predicted octanol–water partition coefficient (Wildman–Crippen LogP) is 2.42. The van der Waals surface area contributed by atoms with E-state index in [1.165, 1.54) is 0 Å². The molecule has 0 aliphatic carbocycles. The molecule has 0 saturated carbocycles. The molecule has 0 aromatic carbocycles. The van der Waals surface area contributed by atoms with Crippen LogP contribution in [0.5, 0.6) is 0 Å². The Kier molecular flexibility index (Phi) is 4.15. The topological polar surface area (TPSA) is 58.3 Å². The van der Waals surface area contributed by atoms with Gasteiger partial charge in [-0.2, -0.15) is 5.10 Å². The lowest BCUT2D eigenvalue weighted by molar-refractivity contribution is -0.0703. The molecule has 4 nitrogen and oxygen atoms in total. The smallest absolute Gasteiger partial charge is 0.125 e. The van der Waals surface area contributed by atoms with Crippen LogP contribution in [0.3, 0.4) is 0 Å². The van der Waals surface area contributed by atoms with Gasteiger partial charge in [-0.15, -0.1) is 0 Å². The Morgan fingerprint density at radius 1 is 1.56 bits per heavy atom. The van der Waals surface area contributed by atoms with E-state index in [0.717, 1.165) is 4.47 Å². The summed E-state index contributed by atoms with van der Waals surface area (Å²) in [6, 6.07) is 0.142. The summed E-state index contributed by atoms with van der Waals surface area (Å²) in [5.74, 6) is 0. The summed E-state index contributed by atoms with van der Waals surface area (Å²) in [6.07, 6.45) is 1.17. The highest BCUT2D eigenvalue weighted by molar-refractivity contribution is 9.10. The van der Waals surface area contributed by atoms with E-state index in [1.54, 1.807) is 17.8 Å². The largest absolute Gasteiger partial charge is 0.387 e. The number of hydrogen-bond acceptors (Lipinski definition) is 3. The van der Waals surface area contributed by atoms with Crippen molar-refractivity contribution in [2.24, 2.45) is 0 Å². The summed E-state index contributed by atoms with van der Waals surface area (Å²) in [7, 11) is 0. The summed E-state index contributed by atoms with van der Waals surface area (Å²) in [4.78, 5) is 0. The summed E-state index contributed by atoms with van der Waals surface area (Å²) in [5.41, 5.74) is -0.517. The lowest BCUT2D eigenvalue weighted by Crippen LogP contribution is -2.33. The molecule has 1 aromatic heterocycles. The van der Waals surface area contributed by atoms with Crippen LogP contribution < -0.4 is 0 Å². The number of aliphatic hydroxyl groups excluding tert-OH is 1. The van der Waals surface area contributed by atoms with E-state index >= 15 is 0 Å². The van der Waals surface area contributed by atoms with Gasteiger partial charge in [-0.05, 0) is 43.1 Å². The van der Waals surface area contributed by atoms with Crippen molar-refractivity contribution in [2.45, 2.75) is 51.9 Å². The van der Waals surface area contributed by atoms with Crippen molar-refractivity contribution in [3.63, 3.8) is 0 Å². The quantitative estimate of drug-likeness (QED) is 0.895. The Labute approximate surface area is 104 Å². The molecule has 0 radical (unpaired) electrons. The first-order chi connectivity index (χ1) is 7.31. The van der Waals surface area contributed by atoms with Crippen LogP contribution in [-0.2, 0) is 0 Å². The lowest BCUT2D eigenvalue weighted by atomic mass is 9.93. The number of nitrogens with zero attached hydrogens (tertiary/aromatic N) is 2. The van der Waals surface area contributed by atoms with Crippen molar-refractivity contribution in [1.82, 2.24) is 9.78 Å². The zero-order chi connectivity index (χ0) is 12.5. The van der Waals surface area contributed by atoms with Gasteiger partial charge in [-0.1, -0.05) is 6.92 Å². The number of aliphatic hydroxyl groups is 2. The fourth-order valence-corrected chi connectivity index (χ4v) is 2.00. The molecule has 0 aliphatic rings. The molecular weight excluding hydrogens is 272 g/mol. The fourth-order valence-electron chi connectivity index (χ4n) is 1.51. The monoisotopic (exact) mass is 290 g/mol. The van der Waals surface area contributed by atoms with E-state index < -0.39 is 11.7 Å². The van der Waals surface area contributed by atoms with E-state index in [-0.39, 0.29) is 6.04 Å². The SMILES string of the molecule is CCC(C)(O)C(O)c1c(Br)cnn1C(C)C. The Hall–Kier alpha value is -0.390. The zero-order valence-electron chi connectivity index (χ0n) is 10.1. The highest BCUT2D eigenvalue weighted by Crippen LogP contribution is 2.34. The molecule has 0 saturated heterocycles. The van der Waals surface area contributed by atoms with Gasteiger partial charge in [0.05, 0.1) is 22.0 Å². The third kappa shape index (κ3) is 2.47. The third-order valence-electron chi connectivity index (χ3n) is 2.84. The average molecular weight is 291 g/mol. The first-order valence-electron chi connectivity index (χ1n) is 5.44. The first-order valence-corrected chi connectivity index (χ1v) is 6.24. The maximum Gasteiger partial charge on any atom is 0.125 e. The van der Waals surface area contributed by atoms with E-state index in [1.807, 2.05) is 20.8 Å². The van der Waals surface area contributed by atoms with E-state index in [0.29, 0.717) is 12.1 Å². The molecule has 2 unspecified atom stereocenters. The summed E-state index contributed by atoms with van der Waals surface area (Å²) < 4.78 is 2.45. The molecule has 0 fully saturated rings. The molecule has 5 heteroatoms. The van der Waals surface area contributed by atoms with Gasteiger partial charge in [0, 0.05) is 6.04 Å². The standard InChI is InChI=1S/C11H19BrN2O2/c1-5-11(4,16)10(15)9-8(12)6-13-14(9)7(2)3/h6-7,10,15-16H,5H2,1-4H3. The van der Waals surface area contributed by atoms with Gasteiger partial charge >= 0.3 is 0 Å². The Balaban J connectivity index is 3.17. The Morgan fingerprint density at radius 3 is 2.56 bits per heavy atom. The highest BCUT2D eigenvalue weighted by atomic mass is 79.9. The number of rotatable bonds is 4. The highest BCUT2D eigenvalue weighted by Gasteiger charge is 2.34. The number of hydrogen-bond donors (Lipinski definition) is 2. The van der Waals surface area contributed by atoms with Crippen molar-refractivity contribution >= 4 is 15.9 Å². The zero-order valence-corrected chi connectivity index (χ0v) is 11.7. The molecule has 0 bridgehead atoms. The molecule has 2 N–H and O–H groups in total. The second-order valence-corrected chi connectivity index (χ2v) is 5.38. The average Bonchev–Trinajstić information content (AvgIpc) is 2.59. The molecular formula is C11H19BrN2O2.